The lowest BCUT2D eigenvalue weighted by atomic mass is 9.95. The van der Waals surface area contributed by atoms with Crippen LogP contribution in [0.3, 0.4) is 0 Å². The molecule has 0 aliphatic carbocycles. The molecule has 118 valence electrons. The third kappa shape index (κ3) is 5.81. The van der Waals surface area contributed by atoms with Crippen molar-refractivity contribution in [3.63, 3.8) is 0 Å². The number of benzene rings is 1. The van der Waals surface area contributed by atoms with Crippen LogP contribution < -0.4 is 0 Å². The Labute approximate surface area is 139 Å². The number of hydrogen-bond acceptors (Lipinski definition) is 1. The van der Waals surface area contributed by atoms with Crippen molar-refractivity contribution in [2.45, 2.75) is 74.8 Å². The van der Waals surface area contributed by atoms with Gasteiger partial charge in [0.1, 0.15) is 4.33 Å². The summed E-state index contributed by atoms with van der Waals surface area (Å²) < 4.78 is 5.59. The van der Waals surface area contributed by atoms with E-state index in [4.69, 9.17) is 27.9 Å². The molecule has 2 rings (SSSR count). The summed E-state index contributed by atoms with van der Waals surface area (Å²) in [7, 11) is 0. The normalized spacial score (nSPS) is 24.9. The maximum atomic E-state index is 6.46. The Morgan fingerprint density at radius 1 is 1.05 bits per heavy atom. The van der Waals surface area contributed by atoms with E-state index in [-0.39, 0.29) is 12.2 Å². The van der Waals surface area contributed by atoms with Crippen LogP contribution in [0.25, 0.3) is 0 Å². The second kappa shape index (κ2) is 8.41. The van der Waals surface area contributed by atoms with Crippen LogP contribution >= 0.6 is 23.2 Å². The van der Waals surface area contributed by atoms with Gasteiger partial charge in [-0.05, 0) is 12.0 Å². The van der Waals surface area contributed by atoms with Crippen LogP contribution in [0.5, 0.6) is 0 Å². The first-order valence-corrected chi connectivity index (χ1v) is 8.94. The third-order valence-electron chi connectivity index (χ3n) is 4.17. The van der Waals surface area contributed by atoms with Gasteiger partial charge in [0.05, 0.1) is 12.2 Å². The number of ether oxygens (including phenoxy) is 1. The van der Waals surface area contributed by atoms with Crippen LogP contribution in [-0.2, 0) is 4.74 Å². The van der Waals surface area contributed by atoms with Gasteiger partial charge in [-0.1, -0.05) is 69.4 Å². The lowest BCUT2D eigenvalue weighted by Gasteiger charge is -2.37. The van der Waals surface area contributed by atoms with Crippen molar-refractivity contribution in [3.05, 3.63) is 35.9 Å². The van der Waals surface area contributed by atoms with Crippen LogP contribution in [-0.4, -0.2) is 10.4 Å². The van der Waals surface area contributed by atoms with Crippen LogP contribution in [0.15, 0.2) is 30.3 Å². The predicted molar refractivity (Wildman–Crippen MR) is 91.1 cm³/mol. The second-order valence-corrected chi connectivity index (χ2v) is 7.76. The molecule has 0 unspecified atom stereocenters. The molecule has 1 aliphatic rings. The summed E-state index contributed by atoms with van der Waals surface area (Å²) in [6.45, 7) is 2.24. The first-order valence-electron chi connectivity index (χ1n) is 8.19. The van der Waals surface area contributed by atoms with Crippen molar-refractivity contribution < 1.29 is 4.74 Å². The molecule has 2 atom stereocenters. The Bertz CT molecular complexity index is 405. The van der Waals surface area contributed by atoms with Gasteiger partial charge < -0.3 is 4.74 Å². The predicted octanol–water partition coefficient (Wildman–Crippen LogP) is 6.44. The van der Waals surface area contributed by atoms with Gasteiger partial charge in [-0.2, -0.15) is 0 Å². The zero-order valence-corrected chi connectivity index (χ0v) is 14.4. The topological polar surface area (TPSA) is 9.23 Å². The van der Waals surface area contributed by atoms with Gasteiger partial charge in [-0.25, -0.2) is 0 Å². The molecule has 0 spiro atoms. The molecular weight excluding hydrogens is 303 g/mol. The largest absolute Gasteiger partial charge is 0.370 e. The van der Waals surface area contributed by atoms with Gasteiger partial charge in [0.15, 0.2) is 0 Å². The van der Waals surface area contributed by atoms with E-state index in [2.05, 4.69) is 19.1 Å². The molecule has 0 aromatic heterocycles. The second-order valence-electron chi connectivity index (χ2n) is 6.12. The van der Waals surface area contributed by atoms with Gasteiger partial charge in [-0.15, -0.1) is 23.2 Å². The van der Waals surface area contributed by atoms with Crippen molar-refractivity contribution in [2.24, 2.45) is 0 Å². The van der Waals surface area contributed by atoms with E-state index >= 15 is 0 Å². The maximum absolute atomic E-state index is 6.46. The number of unbranched alkanes of at least 4 members (excludes halogenated alkanes) is 4. The molecular formula is C18H26Cl2O. The third-order valence-corrected chi connectivity index (χ3v) is 4.79. The fraction of sp³-hybridized carbons (Fsp3) is 0.667. The van der Waals surface area contributed by atoms with Crippen LogP contribution in [0.4, 0.5) is 0 Å². The number of rotatable bonds is 7. The zero-order valence-electron chi connectivity index (χ0n) is 12.9. The minimum Gasteiger partial charge on any atom is -0.370 e. The number of halogens is 2. The fourth-order valence-corrected chi connectivity index (χ4v) is 3.65. The lowest BCUT2D eigenvalue weighted by Crippen LogP contribution is -2.34. The molecule has 1 fully saturated rings. The van der Waals surface area contributed by atoms with E-state index in [1.807, 2.05) is 18.2 Å². The van der Waals surface area contributed by atoms with Gasteiger partial charge in [0.2, 0.25) is 0 Å². The minimum absolute atomic E-state index is 0.0237. The first-order chi connectivity index (χ1) is 10.1. The average molecular weight is 329 g/mol. The fourth-order valence-electron chi connectivity index (χ4n) is 3.03. The van der Waals surface area contributed by atoms with E-state index in [9.17, 15) is 0 Å². The summed E-state index contributed by atoms with van der Waals surface area (Å²) in [5.41, 5.74) is 1.18. The SMILES string of the molecule is CCCCCCC[C@H]1CC(Cl)(Cl)C[C@@H](c2ccccc2)O1. The van der Waals surface area contributed by atoms with Crippen molar-refractivity contribution in [1.82, 2.24) is 0 Å². The smallest absolute Gasteiger partial charge is 0.123 e. The van der Waals surface area contributed by atoms with Crippen LogP contribution in [0, 0.1) is 0 Å². The van der Waals surface area contributed by atoms with Crippen LogP contribution in [0.2, 0.25) is 0 Å². The molecule has 0 N–H and O–H groups in total. The summed E-state index contributed by atoms with van der Waals surface area (Å²) >= 11 is 12.9. The Morgan fingerprint density at radius 2 is 1.76 bits per heavy atom. The molecule has 1 aliphatic heterocycles. The molecule has 0 bridgehead atoms. The average Bonchev–Trinajstić information content (AvgIpc) is 2.46. The highest BCUT2D eigenvalue weighted by atomic mass is 35.5. The van der Waals surface area contributed by atoms with E-state index in [1.54, 1.807) is 0 Å². The summed E-state index contributed by atoms with van der Waals surface area (Å²) in [6.07, 6.45) is 9.09. The van der Waals surface area contributed by atoms with E-state index in [0.717, 1.165) is 12.8 Å². The molecule has 1 heterocycles. The monoisotopic (exact) mass is 328 g/mol. The Morgan fingerprint density at radius 3 is 2.48 bits per heavy atom. The highest BCUT2D eigenvalue weighted by Gasteiger charge is 2.38. The highest BCUT2D eigenvalue weighted by Crippen LogP contribution is 2.44. The Hall–Kier alpha value is -0.240. The standard InChI is InChI=1S/C18H26Cl2O/c1-2-3-4-5-9-12-16-13-18(19,20)14-17(21-16)15-10-7-6-8-11-15/h6-8,10-11,16-17H,2-5,9,12-14H2,1H3/t16-,17-/m0/s1. The summed E-state index contributed by atoms with van der Waals surface area (Å²) in [6, 6.07) is 10.3. The quantitative estimate of drug-likeness (QED) is 0.413. The van der Waals surface area contributed by atoms with E-state index in [0.29, 0.717) is 6.42 Å². The maximum Gasteiger partial charge on any atom is 0.123 e. The van der Waals surface area contributed by atoms with Gasteiger partial charge >= 0.3 is 0 Å². The van der Waals surface area contributed by atoms with Crippen molar-refractivity contribution >= 4 is 23.2 Å². The molecule has 1 nitrogen and oxygen atoms in total. The molecule has 21 heavy (non-hydrogen) atoms. The van der Waals surface area contributed by atoms with E-state index < -0.39 is 4.33 Å². The van der Waals surface area contributed by atoms with Gasteiger partial charge in [0, 0.05) is 12.8 Å². The molecule has 3 heteroatoms. The molecule has 0 amide bonds. The van der Waals surface area contributed by atoms with Gasteiger partial charge in [0.25, 0.3) is 0 Å². The molecule has 0 radical (unpaired) electrons. The number of hydrogen-bond donors (Lipinski definition) is 0. The lowest BCUT2D eigenvalue weighted by molar-refractivity contribution is -0.0592. The Balaban J connectivity index is 1.87. The van der Waals surface area contributed by atoms with E-state index in [1.165, 1.54) is 37.7 Å². The first kappa shape index (κ1) is 17.1. The van der Waals surface area contributed by atoms with Gasteiger partial charge in [-0.3, -0.25) is 0 Å². The molecule has 0 saturated carbocycles. The summed E-state index contributed by atoms with van der Waals surface area (Å²) in [4.78, 5) is 0. The van der Waals surface area contributed by atoms with Crippen molar-refractivity contribution in [3.8, 4) is 0 Å². The molecule has 1 aromatic carbocycles. The van der Waals surface area contributed by atoms with Crippen molar-refractivity contribution in [1.29, 1.82) is 0 Å². The minimum atomic E-state index is -0.660. The zero-order chi connectivity index (χ0) is 15.1. The summed E-state index contributed by atoms with van der Waals surface area (Å²) in [5.74, 6) is 0. The van der Waals surface area contributed by atoms with Crippen LogP contribution in [0.1, 0.15) is 70.0 Å². The number of alkyl halides is 2. The molecule has 1 saturated heterocycles. The highest BCUT2D eigenvalue weighted by molar-refractivity contribution is 6.48. The summed E-state index contributed by atoms with van der Waals surface area (Å²) in [5, 5.41) is 0. The Kier molecular flexibility index (Phi) is 6.85. The van der Waals surface area contributed by atoms with Crippen molar-refractivity contribution in [2.75, 3.05) is 0 Å². The molecule has 1 aromatic rings.